The predicted octanol–water partition coefficient (Wildman–Crippen LogP) is 2.59. The lowest BCUT2D eigenvalue weighted by Gasteiger charge is -2.09. The molecule has 24 heavy (non-hydrogen) atoms. The molecule has 0 aliphatic carbocycles. The summed E-state index contributed by atoms with van der Waals surface area (Å²) in [6.07, 6.45) is 2.22. The molecule has 1 unspecified atom stereocenters. The van der Waals surface area contributed by atoms with Crippen LogP contribution in [0.4, 0.5) is 5.13 Å². The molecule has 1 saturated heterocycles. The van der Waals surface area contributed by atoms with Crippen molar-refractivity contribution in [3.8, 4) is 11.5 Å². The lowest BCUT2D eigenvalue weighted by Crippen LogP contribution is -2.14. The second-order valence-corrected chi connectivity index (χ2v) is 6.37. The number of rotatable bonds is 6. The Morgan fingerprint density at radius 2 is 2.17 bits per heavy atom. The monoisotopic (exact) mass is 349 g/mol. The van der Waals surface area contributed by atoms with Gasteiger partial charge in [0.1, 0.15) is 11.1 Å². The Morgan fingerprint density at radius 1 is 1.33 bits per heavy atom. The van der Waals surface area contributed by atoms with E-state index in [1.54, 1.807) is 26.4 Å². The molecule has 0 saturated carbocycles. The Hall–Kier alpha value is -2.19. The maximum atomic E-state index is 12.2. The van der Waals surface area contributed by atoms with Gasteiger partial charge >= 0.3 is 0 Å². The zero-order chi connectivity index (χ0) is 16.9. The molecule has 0 radical (unpaired) electrons. The quantitative estimate of drug-likeness (QED) is 0.863. The van der Waals surface area contributed by atoms with E-state index in [0.717, 1.165) is 30.0 Å². The molecule has 1 atom stereocenters. The summed E-state index contributed by atoms with van der Waals surface area (Å²) in [5, 5.41) is 12.2. The van der Waals surface area contributed by atoms with E-state index >= 15 is 0 Å². The largest absolute Gasteiger partial charge is 0.493 e. The van der Waals surface area contributed by atoms with Crippen molar-refractivity contribution in [1.82, 2.24) is 10.2 Å². The van der Waals surface area contributed by atoms with Gasteiger partial charge in [0.15, 0.2) is 11.5 Å². The highest BCUT2D eigenvalue weighted by Gasteiger charge is 2.22. The number of carbonyl (C=O) groups excluding carboxylic acids is 1. The molecule has 1 amide bonds. The molecular formula is C16H19N3O4S. The summed E-state index contributed by atoms with van der Waals surface area (Å²) in [4.78, 5) is 12.2. The summed E-state index contributed by atoms with van der Waals surface area (Å²) >= 11 is 1.36. The third kappa shape index (κ3) is 3.82. The number of carbonyl (C=O) groups is 1. The lowest BCUT2D eigenvalue weighted by atomic mass is 10.1. The highest BCUT2D eigenvalue weighted by molar-refractivity contribution is 7.15. The Bertz CT molecular complexity index is 713. The van der Waals surface area contributed by atoms with Crippen molar-refractivity contribution in [2.45, 2.75) is 25.4 Å². The van der Waals surface area contributed by atoms with Crippen LogP contribution in [0.3, 0.4) is 0 Å². The Morgan fingerprint density at radius 3 is 2.88 bits per heavy atom. The number of benzene rings is 1. The van der Waals surface area contributed by atoms with Crippen molar-refractivity contribution >= 4 is 22.4 Å². The predicted molar refractivity (Wildman–Crippen MR) is 89.7 cm³/mol. The van der Waals surface area contributed by atoms with Crippen LogP contribution >= 0.6 is 11.3 Å². The number of nitrogens with zero attached hydrogens (tertiary/aromatic N) is 2. The first-order valence-corrected chi connectivity index (χ1v) is 8.47. The fraction of sp³-hybridized carbons (Fsp3) is 0.438. The number of aromatic nitrogens is 2. The average molecular weight is 349 g/mol. The number of anilines is 1. The SMILES string of the molecule is COc1ccc(CC(=O)Nc2nnc(C3CCCO3)s2)cc1OC. The first-order valence-electron chi connectivity index (χ1n) is 7.65. The van der Waals surface area contributed by atoms with E-state index in [1.807, 2.05) is 6.07 Å². The summed E-state index contributed by atoms with van der Waals surface area (Å²) < 4.78 is 16.0. The van der Waals surface area contributed by atoms with E-state index in [1.165, 1.54) is 11.3 Å². The minimum atomic E-state index is -0.155. The van der Waals surface area contributed by atoms with Crippen molar-refractivity contribution < 1.29 is 19.0 Å². The van der Waals surface area contributed by atoms with Crippen LogP contribution in [0.1, 0.15) is 29.5 Å². The fourth-order valence-corrected chi connectivity index (χ4v) is 3.37. The molecule has 128 valence electrons. The van der Waals surface area contributed by atoms with Crippen LogP contribution in [-0.2, 0) is 16.0 Å². The molecule has 2 heterocycles. The van der Waals surface area contributed by atoms with Crippen LogP contribution < -0.4 is 14.8 Å². The normalized spacial score (nSPS) is 16.8. The van der Waals surface area contributed by atoms with E-state index in [-0.39, 0.29) is 18.4 Å². The maximum Gasteiger partial charge on any atom is 0.230 e. The van der Waals surface area contributed by atoms with Crippen LogP contribution in [0.15, 0.2) is 18.2 Å². The fourth-order valence-electron chi connectivity index (χ4n) is 2.53. The molecule has 1 N–H and O–H groups in total. The van der Waals surface area contributed by atoms with Gasteiger partial charge in [-0.15, -0.1) is 10.2 Å². The van der Waals surface area contributed by atoms with E-state index in [0.29, 0.717) is 16.6 Å². The van der Waals surface area contributed by atoms with Gasteiger partial charge in [-0.1, -0.05) is 17.4 Å². The van der Waals surface area contributed by atoms with Gasteiger partial charge in [-0.25, -0.2) is 0 Å². The molecule has 1 fully saturated rings. The maximum absolute atomic E-state index is 12.2. The number of nitrogens with one attached hydrogen (secondary N) is 1. The van der Waals surface area contributed by atoms with Gasteiger partial charge in [0, 0.05) is 6.61 Å². The average Bonchev–Trinajstić information content (AvgIpc) is 3.25. The van der Waals surface area contributed by atoms with Crippen LogP contribution in [0.2, 0.25) is 0 Å². The van der Waals surface area contributed by atoms with Crippen LogP contribution in [-0.4, -0.2) is 36.9 Å². The molecule has 7 nitrogen and oxygen atoms in total. The minimum Gasteiger partial charge on any atom is -0.493 e. The third-order valence-electron chi connectivity index (χ3n) is 3.70. The summed E-state index contributed by atoms with van der Waals surface area (Å²) in [5.74, 6) is 1.07. The zero-order valence-electron chi connectivity index (χ0n) is 13.6. The number of hydrogen-bond donors (Lipinski definition) is 1. The van der Waals surface area contributed by atoms with Crippen LogP contribution in [0.5, 0.6) is 11.5 Å². The second-order valence-electron chi connectivity index (χ2n) is 5.36. The summed E-state index contributed by atoms with van der Waals surface area (Å²) in [6.45, 7) is 0.755. The molecule has 1 aromatic heterocycles. The van der Waals surface area contributed by atoms with Gasteiger partial charge in [0.2, 0.25) is 11.0 Å². The highest BCUT2D eigenvalue weighted by atomic mass is 32.1. The van der Waals surface area contributed by atoms with E-state index in [9.17, 15) is 4.79 Å². The van der Waals surface area contributed by atoms with Crippen LogP contribution in [0.25, 0.3) is 0 Å². The van der Waals surface area contributed by atoms with E-state index < -0.39 is 0 Å². The number of methoxy groups -OCH3 is 2. The molecule has 0 bridgehead atoms. The van der Waals surface area contributed by atoms with Gasteiger partial charge in [0.05, 0.1) is 20.6 Å². The van der Waals surface area contributed by atoms with Crippen molar-refractivity contribution in [1.29, 1.82) is 0 Å². The molecule has 8 heteroatoms. The summed E-state index contributed by atoms with van der Waals surface area (Å²) in [5.41, 5.74) is 0.828. The van der Waals surface area contributed by atoms with Gasteiger partial charge in [0.25, 0.3) is 0 Å². The lowest BCUT2D eigenvalue weighted by molar-refractivity contribution is -0.115. The molecule has 1 aromatic carbocycles. The topological polar surface area (TPSA) is 82.6 Å². The third-order valence-corrected chi connectivity index (χ3v) is 4.64. The van der Waals surface area contributed by atoms with E-state index in [2.05, 4.69) is 15.5 Å². The van der Waals surface area contributed by atoms with Crippen molar-refractivity contribution in [2.75, 3.05) is 26.1 Å². The van der Waals surface area contributed by atoms with Gasteiger partial charge < -0.3 is 19.5 Å². The highest BCUT2D eigenvalue weighted by Crippen LogP contribution is 2.32. The number of ether oxygens (including phenoxy) is 3. The van der Waals surface area contributed by atoms with Gasteiger partial charge in [-0.05, 0) is 30.5 Å². The number of hydrogen-bond acceptors (Lipinski definition) is 7. The molecule has 1 aliphatic rings. The minimum absolute atomic E-state index is 0.0130. The van der Waals surface area contributed by atoms with Crippen molar-refractivity contribution in [2.24, 2.45) is 0 Å². The molecular weight excluding hydrogens is 330 g/mol. The first-order chi connectivity index (χ1) is 11.7. The van der Waals surface area contributed by atoms with Crippen molar-refractivity contribution in [3.05, 3.63) is 28.8 Å². The molecule has 3 rings (SSSR count). The smallest absolute Gasteiger partial charge is 0.230 e. The van der Waals surface area contributed by atoms with Gasteiger partial charge in [-0.2, -0.15) is 0 Å². The Labute approximate surface area is 144 Å². The molecule has 2 aromatic rings. The van der Waals surface area contributed by atoms with E-state index in [4.69, 9.17) is 14.2 Å². The van der Waals surface area contributed by atoms with Gasteiger partial charge in [-0.3, -0.25) is 4.79 Å². The zero-order valence-corrected chi connectivity index (χ0v) is 14.4. The van der Waals surface area contributed by atoms with Crippen LogP contribution in [0, 0.1) is 0 Å². The summed E-state index contributed by atoms with van der Waals surface area (Å²) in [6, 6.07) is 5.40. The Kier molecular flexibility index (Phi) is 5.27. The molecule has 0 spiro atoms. The Balaban J connectivity index is 1.61. The first kappa shape index (κ1) is 16.7. The molecule has 1 aliphatic heterocycles. The number of amides is 1. The standard InChI is InChI=1S/C16H19N3O4S/c1-21-11-6-5-10(8-13(11)22-2)9-14(20)17-16-19-18-15(24-16)12-4-3-7-23-12/h5-6,8,12H,3-4,7,9H2,1-2H3,(H,17,19,20). The van der Waals surface area contributed by atoms with Crippen molar-refractivity contribution in [3.63, 3.8) is 0 Å². The second kappa shape index (κ2) is 7.59. The summed E-state index contributed by atoms with van der Waals surface area (Å²) in [7, 11) is 3.14.